The van der Waals surface area contributed by atoms with Gasteiger partial charge in [0, 0.05) is 12.1 Å². The summed E-state index contributed by atoms with van der Waals surface area (Å²) in [5.41, 5.74) is 0.585. The number of ether oxygens (including phenoxy) is 1. The molecule has 0 aliphatic carbocycles. The van der Waals surface area contributed by atoms with Crippen molar-refractivity contribution in [1.82, 2.24) is 0 Å². The van der Waals surface area contributed by atoms with E-state index < -0.39 is 33.5 Å². The lowest BCUT2D eigenvalue weighted by Gasteiger charge is -2.35. The molecule has 174 valence electrons. The van der Waals surface area contributed by atoms with Crippen LogP contribution in [0.1, 0.15) is 37.4 Å². The molecule has 0 saturated heterocycles. The summed E-state index contributed by atoms with van der Waals surface area (Å²) in [5.74, 6) is -2.34. The third kappa shape index (κ3) is 4.65. The molecule has 0 aliphatic rings. The van der Waals surface area contributed by atoms with Crippen LogP contribution in [0, 0.1) is 10.1 Å². The smallest absolute Gasteiger partial charge is 0.339 e. The van der Waals surface area contributed by atoms with Gasteiger partial charge in [-0.05, 0) is 22.8 Å². The molecule has 4 aromatic carbocycles. The average Bonchev–Trinajstić information content (AvgIpc) is 2.90. The van der Waals surface area contributed by atoms with E-state index in [-0.39, 0.29) is 12.2 Å². The lowest BCUT2D eigenvalue weighted by molar-refractivity contribution is -0.384. The molecule has 0 amide bonds. The maximum atomic E-state index is 13.1. The minimum absolute atomic E-state index is 0.125. The number of carbonyl (C=O) groups excluding carboxylic acids is 1. The van der Waals surface area contributed by atoms with Crippen LogP contribution in [0.3, 0.4) is 0 Å². The van der Waals surface area contributed by atoms with E-state index in [0.29, 0.717) is 0 Å². The molecule has 0 unspecified atom stereocenters. The fraction of sp³-hybridized carbons (Fsp3) is 0.0714. The molecule has 0 aliphatic heterocycles. The van der Waals surface area contributed by atoms with E-state index in [0.717, 1.165) is 34.9 Å². The first-order valence-electron chi connectivity index (χ1n) is 10.8. The molecule has 7 nitrogen and oxygen atoms in total. The molecule has 0 fully saturated rings. The molecular formula is C28H21NO6. The number of carboxylic acids is 1. The van der Waals surface area contributed by atoms with Crippen LogP contribution in [0.25, 0.3) is 0 Å². The van der Waals surface area contributed by atoms with Gasteiger partial charge in [-0.1, -0.05) is 91.0 Å². The van der Waals surface area contributed by atoms with Crippen molar-refractivity contribution in [3.05, 3.63) is 147 Å². The molecule has 0 aromatic heterocycles. The summed E-state index contributed by atoms with van der Waals surface area (Å²) in [6.07, 6.45) is 0. The summed E-state index contributed by atoms with van der Waals surface area (Å²) < 4.78 is 5.78. The van der Waals surface area contributed by atoms with E-state index in [9.17, 15) is 24.8 Å². The minimum Gasteiger partial charge on any atom is -0.478 e. The number of aromatic carboxylic acids is 1. The number of benzene rings is 4. The topological polar surface area (TPSA) is 107 Å². The molecule has 0 saturated carbocycles. The zero-order chi connectivity index (χ0) is 24.8. The highest BCUT2D eigenvalue weighted by Crippen LogP contribution is 2.39. The fourth-order valence-electron chi connectivity index (χ4n) is 4.17. The van der Waals surface area contributed by atoms with Crippen molar-refractivity contribution in [2.45, 2.75) is 5.41 Å². The molecule has 0 bridgehead atoms. The second kappa shape index (κ2) is 10.0. The summed E-state index contributed by atoms with van der Waals surface area (Å²) >= 11 is 0. The van der Waals surface area contributed by atoms with Crippen LogP contribution in [-0.4, -0.2) is 28.6 Å². The maximum absolute atomic E-state index is 13.1. The van der Waals surface area contributed by atoms with Gasteiger partial charge in [-0.3, -0.25) is 10.1 Å². The van der Waals surface area contributed by atoms with Gasteiger partial charge in [0.1, 0.15) is 6.61 Å². The zero-order valence-corrected chi connectivity index (χ0v) is 18.5. The van der Waals surface area contributed by atoms with Crippen molar-refractivity contribution in [3.63, 3.8) is 0 Å². The predicted octanol–water partition coefficient (Wildman–Crippen LogP) is 5.48. The van der Waals surface area contributed by atoms with Crippen LogP contribution < -0.4 is 0 Å². The quantitative estimate of drug-likeness (QED) is 0.159. The normalized spacial score (nSPS) is 11.0. The molecule has 35 heavy (non-hydrogen) atoms. The van der Waals surface area contributed by atoms with Crippen molar-refractivity contribution in [2.24, 2.45) is 0 Å². The Bertz CT molecular complexity index is 1260. The number of carboxylic acid groups (broad SMARTS) is 1. The number of hydrogen-bond acceptors (Lipinski definition) is 5. The Kier molecular flexibility index (Phi) is 6.69. The standard InChI is InChI=1S/C28H21NO6/c30-26(31)25-18-23(29(33)34)16-17-24(25)27(32)35-19-28(20-10-4-1-5-11-20,21-12-6-2-7-13-21)22-14-8-3-9-15-22/h1-18H,19H2,(H,30,31). The molecule has 0 heterocycles. The minimum atomic E-state index is -1.46. The Labute approximate surface area is 201 Å². The van der Waals surface area contributed by atoms with Gasteiger partial charge in [-0.25, -0.2) is 9.59 Å². The first-order chi connectivity index (χ1) is 16.9. The third-order valence-electron chi connectivity index (χ3n) is 5.88. The van der Waals surface area contributed by atoms with Gasteiger partial charge in [0.05, 0.1) is 21.5 Å². The predicted molar refractivity (Wildman–Crippen MR) is 130 cm³/mol. The summed E-state index contributed by atoms with van der Waals surface area (Å²) in [6.45, 7) is -0.125. The molecule has 0 atom stereocenters. The number of nitro benzene ring substituents is 1. The van der Waals surface area contributed by atoms with E-state index in [1.807, 2.05) is 91.0 Å². The fourth-order valence-corrected chi connectivity index (χ4v) is 4.17. The molecule has 7 heteroatoms. The van der Waals surface area contributed by atoms with Crippen LogP contribution >= 0.6 is 0 Å². The van der Waals surface area contributed by atoms with Gasteiger partial charge < -0.3 is 9.84 Å². The lowest BCUT2D eigenvalue weighted by Crippen LogP contribution is -2.36. The van der Waals surface area contributed by atoms with E-state index in [4.69, 9.17) is 4.74 Å². The summed E-state index contributed by atoms with van der Waals surface area (Å²) in [6, 6.07) is 31.8. The molecule has 1 N–H and O–H groups in total. The maximum Gasteiger partial charge on any atom is 0.339 e. The highest BCUT2D eigenvalue weighted by atomic mass is 16.6. The first-order valence-corrected chi connectivity index (χ1v) is 10.8. The van der Waals surface area contributed by atoms with Gasteiger partial charge >= 0.3 is 11.9 Å². The van der Waals surface area contributed by atoms with Crippen molar-refractivity contribution >= 4 is 17.6 Å². The lowest BCUT2D eigenvalue weighted by atomic mass is 9.70. The molecule has 0 spiro atoms. The van der Waals surface area contributed by atoms with Crippen LogP contribution in [0.4, 0.5) is 5.69 Å². The number of carbonyl (C=O) groups is 2. The van der Waals surface area contributed by atoms with Crippen LogP contribution in [0.2, 0.25) is 0 Å². The number of nitrogens with zero attached hydrogens (tertiary/aromatic N) is 1. The van der Waals surface area contributed by atoms with Crippen LogP contribution in [0.15, 0.2) is 109 Å². The number of rotatable bonds is 8. The molecule has 0 radical (unpaired) electrons. The van der Waals surface area contributed by atoms with E-state index >= 15 is 0 Å². The highest BCUT2D eigenvalue weighted by molar-refractivity contribution is 6.03. The van der Waals surface area contributed by atoms with Crippen molar-refractivity contribution in [1.29, 1.82) is 0 Å². The Hall–Kier alpha value is -4.78. The van der Waals surface area contributed by atoms with Crippen molar-refractivity contribution in [2.75, 3.05) is 6.61 Å². The number of esters is 1. The summed E-state index contributed by atoms with van der Waals surface area (Å²) in [7, 11) is 0. The highest BCUT2D eigenvalue weighted by Gasteiger charge is 2.38. The van der Waals surface area contributed by atoms with Gasteiger partial charge in [-0.15, -0.1) is 0 Å². The Morgan fingerprint density at radius 2 is 1.20 bits per heavy atom. The van der Waals surface area contributed by atoms with Gasteiger partial charge in [-0.2, -0.15) is 0 Å². The molecular weight excluding hydrogens is 446 g/mol. The van der Waals surface area contributed by atoms with E-state index in [1.54, 1.807) is 0 Å². The van der Waals surface area contributed by atoms with E-state index in [1.165, 1.54) is 0 Å². The Morgan fingerprint density at radius 3 is 1.60 bits per heavy atom. The Balaban J connectivity index is 1.81. The largest absolute Gasteiger partial charge is 0.478 e. The van der Waals surface area contributed by atoms with Crippen LogP contribution in [-0.2, 0) is 10.2 Å². The number of nitro groups is 1. The molecule has 4 aromatic rings. The second-order valence-electron chi connectivity index (χ2n) is 7.87. The SMILES string of the molecule is O=C(O)c1cc([N+](=O)[O-])ccc1C(=O)OCC(c1ccccc1)(c1ccccc1)c1ccccc1. The average molecular weight is 467 g/mol. The third-order valence-corrected chi connectivity index (χ3v) is 5.88. The zero-order valence-electron chi connectivity index (χ0n) is 18.5. The van der Waals surface area contributed by atoms with E-state index in [2.05, 4.69) is 0 Å². The first kappa shape index (κ1) is 23.4. The molecule has 4 rings (SSSR count). The second-order valence-corrected chi connectivity index (χ2v) is 7.87. The van der Waals surface area contributed by atoms with Gasteiger partial charge in [0.15, 0.2) is 0 Å². The monoisotopic (exact) mass is 467 g/mol. The Morgan fingerprint density at radius 1 is 0.743 bits per heavy atom. The van der Waals surface area contributed by atoms with Crippen molar-refractivity contribution in [3.8, 4) is 0 Å². The van der Waals surface area contributed by atoms with Gasteiger partial charge in [0.25, 0.3) is 5.69 Å². The number of non-ortho nitro benzene ring substituents is 1. The summed E-state index contributed by atoms with van der Waals surface area (Å²) in [4.78, 5) is 35.2. The van der Waals surface area contributed by atoms with Crippen molar-refractivity contribution < 1.29 is 24.4 Å². The van der Waals surface area contributed by atoms with Gasteiger partial charge in [0.2, 0.25) is 0 Å². The number of hydrogen-bond donors (Lipinski definition) is 1. The summed E-state index contributed by atoms with van der Waals surface area (Å²) in [5, 5.41) is 20.6. The van der Waals surface area contributed by atoms with Crippen LogP contribution in [0.5, 0.6) is 0 Å².